The molecule has 0 fully saturated rings. The van der Waals surface area contributed by atoms with Gasteiger partial charge in [0, 0.05) is 12.6 Å². The lowest BCUT2D eigenvalue weighted by Gasteiger charge is -2.28. The molecule has 1 heterocycles. The van der Waals surface area contributed by atoms with Crippen molar-refractivity contribution in [3.05, 3.63) is 47.1 Å². The van der Waals surface area contributed by atoms with Crippen molar-refractivity contribution in [1.82, 2.24) is 9.97 Å². The van der Waals surface area contributed by atoms with Gasteiger partial charge >= 0.3 is 0 Å². The van der Waals surface area contributed by atoms with Gasteiger partial charge in [-0.1, -0.05) is 41.9 Å². The predicted octanol–water partition coefficient (Wildman–Crippen LogP) is 3.13. The summed E-state index contributed by atoms with van der Waals surface area (Å²) in [5.41, 5.74) is 6.85. The number of nitrogens with two attached hydrogens (primary N) is 1. The van der Waals surface area contributed by atoms with Crippen LogP contribution in [0.1, 0.15) is 19.4 Å². The second-order valence-corrected chi connectivity index (χ2v) is 5.01. The molecule has 0 aliphatic carbocycles. The molecule has 0 bridgehead atoms. The van der Waals surface area contributed by atoms with Crippen LogP contribution >= 0.6 is 11.6 Å². The Balaban J connectivity index is 2.32. The highest BCUT2D eigenvalue weighted by Crippen LogP contribution is 2.26. The van der Waals surface area contributed by atoms with Crippen LogP contribution in [0.5, 0.6) is 0 Å². The number of benzene rings is 1. The Morgan fingerprint density at radius 2 is 1.95 bits per heavy atom. The van der Waals surface area contributed by atoms with Crippen molar-refractivity contribution >= 4 is 23.4 Å². The lowest BCUT2D eigenvalue weighted by Crippen LogP contribution is -2.31. The van der Waals surface area contributed by atoms with E-state index in [4.69, 9.17) is 17.3 Å². The number of hydrogen-bond donors (Lipinski definition) is 1. The van der Waals surface area contributed by atoms with E-state index in [1.807, 2.05) is 18.2 Å². The fourth-order valence-electron chi connectivity index (χ4n) is 1.85. The molecule has 2 aromatic rings. The van der Waals surface area contributed by atoms with Crippen molar-refractivity contribution in [2.24, 2.45) is 0 Å². The molecule has 0 amide bonds. The minimum absolute atomic E-state index is 0.234. The molecule has 0 saturated carbocycles. The molecule has 0 aliphatic heterocycles. The third kappa shape index (κ3) is 3.35. The summed E-state index contributed by atoms with van der Waals surface area (Å²) in [6.45, 7) is 4.92. The second-order valence-electron chi connectivity index (χ2n) is 4.61. The molecule has 0 unspecified atom stereocenters. The van der Waals surface area contributed by atoms with Gasteiger partial charge in [0.1, 0.15) is 5.02 Å². The molecule has 0 atom stereocenters. The lowest BCUT2D eigenvalue weighted by atomic mass is 10.2. The molecule has 1 aromatic heterocycles. The first kappa shape index (κ1) is 13.6. The first-order valence-electron chi connectivity index (χ1n) is 6.16. The van der Waals surface area contributed by atoms with E-state index in [1.54, 1.807) is 6.20 Å². The highest BCUT2D eigenvalue weighted by molar-refractivity contribution is 6.32. The fraction of sp³-hybridized carbons (Fsp3) is 0.286. The van der Waals surface area contributed by atoms with E-state index in [9.17, 15) is 0 Å². The first-order chi connectivity index (χ1) is 9.08. The van der Waals surface area contributed by atoms with E-state index < -0.39 is 0 Å². The minimum Gasteiger partial charge on any atom is -0.368 e. The molecule has 5 heteroatoms. The van der Waals surface area contributed by atoms with Crippen molar-refractivity contribution < 1.29 is 0 Å². The third-order valence-corrected chi connectivity index (χ3v) is 3.10. The Kier molecular flexibility index (Phi) is 4.22. The number of aromatic nitrogens is 2. The number of rotatable bonds is 4. The van der Waals surface area contributed by atoms with Crippen LogP contribution in [0.15, 0.2) is 36.5 Å². The van der Waals surface area contributed by atoms with Gasteiger partial charge in [-0.2, -0.15) is 4.98 Å². The van der Waals surface area contributed by atoms with Crippen LogP contribution in [-0.2, 0) is 6.54 Å². The maximum Gasteiger partial charge on any atom is 0.222 e. The van der Waals surface area contributed by atoms with Crippen molar-refractivity contribution in [2.75, 3.05) is 10.6 Å². The van der Waals surface area contributed by atoms with Gasteiger partial charge in [-0.15, -0.1) is 0 Å². The predicted molar refractivity (Wildman–Crippen MR) is 79.2 cm³/mol. The second kappa shape index (κ2) is 5.89. The zero-order valence-corrected chi connectivity index (χ0v) is 11.8. The molecule has 19 heavy (non-hydrogen) atoms. The largest absolute Gasteiger partial charge is 0.368 e. The zero-order chi connectivity index (χ0) is 13.8. The zero-order valence-electron chi connectivity index (χ0n) is 11.0. The van der Waals surface area contributed by atoms with Crippen molar-refractivity contribution in [3.63, 3.8) is 0 Å². The highest BCUT2D eigenvalue weighted by atomic mass is 35.5. The number of hydrogen-bond acceptors (Lipinski definition) is 4. The molecule has 2 N–H and O–H groups in total. The standard InChI is InChI=1S/C14H17ClN4/c1-10(2)19(9-11-6-4-3-5-7-11)13-12(15)8-17-14(16)18-13/h3-8,10H,9H2,1-2H3,(H2,16,17,18). The average Bonchev–Trinajstić information content (AvgIpc) is 2.40. The molecule has 100 valence electrons. The molecular formula is C14H17ClN4. The van der Waals surface area contributed by atoms with Crippen molar-refractivity contribution in [2.45, 2.75) is 26.4 Å². The van der Waals surface area contributed by atoms with E-state index in [0.29, 0.717) is 10.8 Å². The SMILES string of the molecule is CC(C)N(Cc1ccccc1)c1nc(N)ncc1Cl. The van der Waals surface area contributed by atoms with Gasteiger partial charge in [0.25, 0.3) is 0 Å². The maximum absolute atomic E-state index is 6.18. The van der Waals surface area contributed by atoms with Crippen molar-refractivity contribution in [1.29, 1.82) is 0 Å². The Morgan fingerprint density at radius 3 is 2.58 bits per heavy atom. The van der Waals surface area contributed by atoms with E-state index in [2.05, 4.69) is 40.8 Å². The van der Waals surface area contributed by atoms with Crippen LogP contribution in [-0.4, -0.2) is 16.0 Å². The van der Waals surface area contributed by atoms with Crippen molar-refractivity contribution in [3.8, 4) is 0 Å². The Bertz CT molecular complexity index is 542. The molecule has 0 aliphatic rings. The topological polar surface area (TPSA) is 55.0 Å². The number of halogens is 1. The highest BCUT2D eigenvalue weighted by Gasteiger charge is 2.16. The van der Waals surface area contributed by atoms with Crippen LogP contribution in [0.25, 0.3) is 0 Å². The summed E-state index contributed by atoms with van der Waals surface area (Å²) >= 11 is 6.18. The third-order valence-electron chi connectivity index (χ3n) is 2.84. The van der Waals surface area contributed by atoms with Gasteiger partial charge in [-0.3, -0.25) is 0 Å². The van der Waals surface area contributed by atoms with Gasteiger partial charge in [0.2, 0.25) is 5.95 Å². The van der Waals surface area contributed by atoms with Crippen LogP contribution < -0.4 is 10.6 Å². The van der Waals surface area contributed by atoms with E-state index in [-0.39, 0.29) is 12.0 Å². The van der Waals surface area contributed by atoms with Gasteiger partial charge in [-0.05, 0) is 19.4 Å². The molecule has 0 radical (unpaired) electrons. The van der Waals surface area contributed by atoms with Gasteiger partial charge in [-0.25, -0.2) is 4.98 Å². The summed E-state index contributed by atoms with van der Waals surface area (Å²) in [7, 11) is 0. The summed E-state index contributed by atoms with van der Waals surface area (Å²) in [5, 5.41) is 0.513. The minimum atomic E-state index is 0.234. The average molecular weight is 277 g/mol. The normalized spacial score (nSPS) is 10.7. The summed E-state index contributed by atoms with van der Waals surface area (Å²) in [4.78, 5) is 10.3. The van der Waals surface area contributed by atoms with Gasteiger partial charge < -0.3 is 10.6 Å². The number of nitrogen functional groups attached to an aromatic ring is 1. The van der Waals surface area contributed by atoms with Crippen LogP contribution in [0.2, 0.25) is 5.02 Å². The Labute approximate surface area is 118 Å². The first-order valence-corrected chi connectivity index (χ1v) is 6.54. The van der Waals surface area contributed by atoms with Crippen LogP contribution in [0, 0.1) is 0 Å². The fourth-order valence-corrected chi connectivity index (χ4v) is 2.05. The van der Waals surface area contributed by atoms with Crippen LogP contribution in [0.3, 0.4) is 0 Å². The quantitative estimate of drug-likeness (QED) is 0.932. The summed E-state index contributed by atoms with van der Waals surface area (Å²) in [5.74, 6) is 0.908. The van der Waals surface area contributed by atoms with E-state index in [0.717, 1.165) is 6.54 Å². The van der Waals surface area contributed by atoms with E-state index in [1.165, 1.54) is 5.56 Å². The number of nitrogens with zero attached hydrogens (tertiary/aromatic N) is 3. The molecule has 2 rings (SSSR count). The molecule has 0 saturated heterocycles. The molecule has 4 nitrogen and oxygen atoms in total. The summed E-state index contributed by atoms with van der Waals surface area (Å²) in [6, 6.07) is 10.4. The van der Waals surface area contributed by atoms with Crippen LogP contribution in [0.4, 0.5) is 11.8 Å². The summed E-state index contributed by atoms with van der Waals surface area (Å²) in [6.07, 6.45) is 1.54. The lowest BCUT2D eigenvalue weighted by molar-refractivity contribution is 0.672. The molecule has 0 spiro atoms. The number of anilines is 2. The smallest absolute Gasteiger partial charge is 0.222 e. The van der Waals surface area contributed by atoms with E-state index >= 15 is 0 Å². The Morgan fingerprint density at radius 1 is 1.26 bits per heavy atom. The monoisotopic (exact) mass is 276 g/mol. The Hall–Kier alpha value is -1.81. The maximum atomic E-state index is 6.18. The molecule has 1 aromatic carbocycles. The van der Waals surface area contributed by atoms with Gasteiger partial charge in [0.05, 0.1) is 6.20 Å². The molecular weight excluding hydrogens is 260 g/mol. The summed E-state index contributed by atoms with van der Waals surface area (Å²) < 4.78 is 0. The van der Waals surface area contributed by atoms with Gasteiger partial charge in [0.15, 0.2) is 5.82 Å².